The van der Waals surface area contributed by atoms with Gasteiger partial charge in [-0.15, -0.1) is 0 Å². The van der Waals surface area contributed by atoms with Crippen molar-refractivity contribution in [1.29, 1.82) is 0 Å². The minimum atomic E-state index is -0.372. The van der Waals surface area contributed by atoms with Crippen molar-refractivity contribution >= 4 is 5.97 Å². The van der Waals surface area contributed by atoms with E-state index in [2.05, 4.69) is 57.2 Å². The van der Waals surface area contributed by atoms with Gasteiger partial charge >= 0.3 is 5.97 Å². The van der Waals surface area contributed by atoms with Gasteiger partial charge in [0.1, 0.15) is 12.7 Å². The highest BCUT2D eigenvalue weighted by Crippen LogP contribution is 2.26. The fourth-order valence-electron chi connectivity index (χ4n) is 9.17. The molecule has 1 N–H and O–H groups in total. The van der Waals surface area contributed by atoms with Gasteiger partial charge in [-0.1, -0.05) is 231 Å². The van der Waals surface area contributed by atoms with Gasteiger partial charge in [0.05, 0.1) is 12.5 Å². The first kappa shape index (κ1) is 69.5. The van der Waals surface area contributed by atoms with E-state index >= 15 is 0 Å². The first-order valence-corrected chi connectivity index (χ1v) is 31.2. The van der Waals surface area contributed by atoms with Crippen LogP contribution in [0.3, 0.4) is 0 Å². The lowest BCUT2D eigenvalue weighted by Gasteiger charge is -2.19. The van der Waals surface area contributed by atoms with Crippen molar-refractivity contribution < 1.29 is 28.8 Å². The summed E-state index contributed by atoms with van der Waals surface area (Å²) < 4.78 is 24.3. The lowest BCUT2D eigenvalue weighted by Crippen LogP contribution is -2.28. The van der Waals surface area contributed by atoms with Crippen LogP contribution in [0.2, 0.25) is 0 Å². The van der Waals surface area contributed by atoms with Crippen LogP contribution in [0.15, 0.2) is 36.5 Å². The Kier molecular flexibility index (Phi) is 58.1. The summed E-state index contributed by atoms with van der Waals surface area (Å²) in [4.78, 5) is 14.2. The Morgan fingerprint density at radius 3 is 1.14 bits per heavy atom. The molecule has 1 aliphatic heterocycles. The monoisotopic (exact) mass is 1000 g/mol. The van der Waals surface area contributed by atoms with Crippen LogP contribution < -0.4 is 0 Å². The van der Waals surface area contributed by atoms with Crippen LogP contribution in [-0.4, -0.2) is 81.5 Å². The van der Waals surface area contributed by atoms with Gasteiger partial charge in [0.25, 0.3) is 0 Å². The van der Waals surface area contributed by atoms with Gasteiger partial charge in [0.15, 0.2) is 6.29 Å². The van der Waals surface area contributed by atoms with Crippen LogP contribution in [0.5, 0.6) is 0 Å². The van der Waals surface area contributed by atoms with Crippen molar-refractivity contribution in [3.8, 4) is 0 Å². The molecule has 0 aromatic carbocycles. The van der Waals surface area contributed by atoms with Crippen LogP contribution in [0.4, 0.5) is 0 Å². The number of nitrogens with zero attached hydrogens (tertiary/aromatic N) is 1. The number of esters is 1. The van der Waals surface area contributed by atoms with Crippen LogP contribution in [0.1, 0.15) is 303 Å². The van der Waals surface area contributed by atoms with Gasteiger partial charge in [-0.2, -0.15) is 0 Å². The quantitative estimate of drug-likeness (QED) is 0.0369. The van der Waals surface area contributed by atoms with Crippen molar-refractivity contribution in [2.45, 2.75) is 322 Å². The van der Waals surface area contributed by atoms with Crippen molar-refractivity contribution in [3.05, 3.63) is 36.5 Å². The molecule has 0 aliphatic carbocycles. The molecule has 0 spiro atoms. The van der Waals surface area contributed by atoms with Crippen molar-refractivity contribution in [3.63, 3.8) is 0 Å². The Hall–Kier alpha value is -1.51. The molecule has 1 unspecified atom stereocenters. The molecular formula is C64H123NO6. The van der Waals surface area contributed by atoms with Gasteiger partial charge in [-0.05, 0) is 110 Å². The van der Waals surface area contributed by atoms with E-state index in [1.807, 2.05) is 19.0 Å². The van der Waals surface area contributed by atoms with Crippen LogP contribution >= 0.6 is 0 Å². The highest BCUT2D eigenvalue weighted by Gasteiger charge is 2.37. The molecular weight excluding hydrogens is 879 g/mol. The number of hydrogen-bond donors (Lipinski definition) is 1. The largest absolute Gasteiger partial charge is 0.463 e. The van der Waals surface area contributed by atoms with E-state index in [0.717, 1.165) is 25.9 Å². The standard InChI is InChI=1S/C46H87NO5.C18H36O/c1-5-7-9-11-13-15-17-19-21-23-25-27-29-31-33-35-39-49-44-41-43(42-51-45(48)37-38-47(3)4)52-46(44)50-40-36-34-32-30-28-26-24-22-20-18-16-14-12-10-8-6-2;1-2-3-4-5-6-7-8-9-10-11-12-13-14-15-16-17-18-19/h19-22,43-44,46H,5-18,23-42H2,1-4H3;9-10,19H,2-8,11-18H2,1H3/b21-19-,22-20-;10-9-/t43-,44?,46+;/m0./s1. The Bertz CT molecular complexity index is 1070. The average Bonchev–Trinajstić information content (AvgIpc) is 3.77. The number of carbonyl (C=O) groups is 1. The summed E-state index contributed by atoms with van der Waals surface area (Å²) in [6.07, 6.45) is 69.7. The summed E-state index contributed by atoms with van der Waals surface area (Å²) in [5.74, 6) is -0.174. The zero-order chi connectivity index (χ0) is 51.6. The normalized spacial score (nSPS) is 16.1. The lowest BCUT2D eigenvalue weighted by molar-refractivity contribution is -0.184. The molecule has 7 heteroatoms. The molecule has 0 radical (unpaired) electrons. The maximum absolute atomic E-state index is 12.2. The summed E-state index contributed by atoms with van der Waals surface area (Å²) in [6.45, 7) is 9.58. The smallest absolute Gasteiger partial charge is 0.307 e. The summed E-state index contributed by atoms with van der Waals surface area (Å²) in [7, 11) is 3.93. The Morgan fingerprint density at radius 1 is 0.465 bits per heavy atom. The number of carbonyl (C=O) groups excluding carboxylic acids is 1. The van der Waals surface area contributed by atoms with E-state index in [1.165, 1.54) is 250 Å². The van der Waals surface area contributed by atoms with Gasteiger partial charge in [-0.3, -0.25) is 4.79 Å². The molecule has 1 rings (SSSR count). The van der Waals surface area contributed by atoms with E-state index in [-0.39, 0.29) is 31.1 Å². The minimum Gasteiger partial charge on any atom is -0.463 e. The molecule has 7 nitrogen and oxygen atoms in total. The zero-order valence-corrected chi connectivity index (χ0v) is 48.3. The minimum absolute atomic E-state index is 0.0947. The van der Waals surface area contributed by atoms with Crippen LogP contribution in [0.25, 0.3) is 0 Å². The summed E-state index contributed by atoms with van der Waals surface area (Å²) >= 11 is 0. The number of rotatable bonds is 54. The fraction of sp³-hybridized carbons (Fsp3) is 0.891. The number of aliphatic hydroxyl groups excluding tert-OH is 1. The second kappa shape index (κ2) is 59.4. The van der Waals surface area contributed by atoms with Gasteiger partial charge < -0.3 is 29.0 Å². The molecule has 0 amide bonds. The van der Waals surface area contributed by atoms with Gasteiger partial charge in [0.2, 0.25) is 0 Å². The van der Waals surface area contributed by atoms with Crippen molar-refractivity contribution in [1.82, 2.24) is 4.90 Å². The lowest BCUT2D eigenvalue weighted by atomic mass is 10.1. The average molecular weight is 1000 g/mol. The van der Waals surface area contributed by atoms with Crippen molar-refractivity contribution in [2.24, 2.45) is 0 Å². The Labute approximate surface area is 443 Å². The van der Waals surface area contributed by atoms with Crippen molar-refractivity contribution in [2.75, 3.05) is 47.1 Å². The highest BCUT2D eigenvalue weighted by atomic mass is 16.7. The molecule has 0 bridgehead atoms. The van der Waals surface area contributed by atoms with E-state index in [4.69, 9.17) is 24.1 Å². The molecule has 3 atom stereocenters. The molecule has 1 aliphatic rings. The van der Waals surface area contributed by atoms with E-state index in [1.54, 1.807) is 0 Å². The molecule has 0 aromatic heterocycles. The van der Waals surface area contributed by atoms with E-state index in [9.17, 15) is 4.79 Å². The predicted octanol–water partition coefficient (Wildman–Crippen LogP) is 19.1. The third-order valence-electron chi connectivity index (χ3n) is 13.9. The maximum Gasteiger partial charge on any atom is 0.307 e. The third kappa shape index (κ3) is 54.6. The predicted molar refractivity (Wildman–Crippen MR) is 309 cm³/mol. The van der Waals surface area contributed by atoms with E-state index in [0.29, 0.717) is 32.6 Å². The summed E-state index contributed by atoms with van der Waals surface area (Å²) in [5.41, 5.74) is 0. The molecule has 71 heavy (non-hydrogen) atoms. The number of allylic oxidation sites excluding steroid dienone is 6. The Morgan fingerprint density at radius 2 is 0.789 bits per heavy atom. The SMILES string of the molecule is CCCCCCCC/C=C\CCCCCCCCO.CCCCCCCC/C=C\CCCCCCCCOC1C[C@@H](COC(=O)CCN(C)C)O[C@H]1OCCCCCCCC/C=C\CCCCCCCC. The Balaban J connectivity index is 0.00000216. The topological polar surface area (TPSA) is 77.5 Å². The van der Waals surface area contributed by atoms with Crippen LogP contribution in [0, 0.1) is 0 Å². The highest BCUT2D eigenvalue weighted by molar-refractivity contribution is 5.69. The number of hydrogen-bond acceptors (Lipinski definition) is 7. The second-order valence-electron chi connectivity index (χ2n) is 21.4. The summed E-state index contributed by atoms with van der Waals surface area (Å²) in [5, 5.41) is 8.66. The van der Waals surface area contributed by atoms with Gasteiger partial charge in [0, 0.05) is 32.8 Å². The van der Waals surface area contributed by atoms with E-state index < -0.39 is 0 Å². The van der Waals surface area contributed by atoms with Crippen LogP contribution in [-0.2, 0) is 23.7 Å². The molecule has 0 aromatic rings. The molecule has 1 heterocycles. The zero-order valence-electron chi connectivity index (χ0n) is 48.3. The maximum atomic E-state index is 12.2. The molecule has 420 valence electrons. The number of ether oxygens (including phenoxy) is 4. The molecule has 1 saturated heterocycles. The second-order valence-corrected chi connectivity index (χ2v) is 21.4. The fourth-order valence-corrected chi connectivity index (χ4v) is 9.17. The first-order valence-electron chi connectivity index (χ1n) is 31.2. The first-order chi connectivity index (χ1) is 35.0. The molecule has 0 saturated carbocycles. The third-order valence-corrected chi connectivity index (χ3v) is 13.9. The summed E-state index contributed by atoms with van der Waals surface area (Å²) in [6, 6.07) is 0. The molecule has 1 fully saturated rings. The van der Waals surface area contributed by atoms with Gasteiger partial charge in [-0.25, -0.2) is 0 Å². The number of unbranched alkanes of at least 4 members (excludes halogenated alkanes) is 36. The number of aliphatic hydroxyl groups is 1.